The van der Waals surface area contributed by atoms with E-state index in [1.54, 1.807) is 25.3 Å². The van der Waals surface area contributed by atoms with E-state index in [4.69, 9.17) is 5.11 Å². The average Bonchev–Trinajstić information content (AvgIpc) is 2.93. The molecule has 3 aromatic rings. The lowest BCUT2D eigenvalue weighted by molar-refractivity contribution is 0.0695. The largest absolute Gasteiger partial charge is 0.478 e. The molecule has 0 fully saturated rings. The number of aryl methyl sites for hydroxylation is 1. The number of hydrogen-bond donors (Lipinski definition) is 2. The second-order valence-electron chi connectivity index (χ2n) is 4.29. The average molecular weight is 290 g/mol. The third-order valence-corrected chi connectivity index (χ3v) is 3.91. The van der Waals surface area contributed by atoms with Crippen molar-refractivity contribution >= 4 is 27.5 Å². The lowest BCUT2D eigenvalue weighted by Gasteiger charge is -2.03. The zero-order chi connectivity index (χ0) is 14.4. The number of carboxylic acid groups (broad SMARTS) is 1. The van der Waals surface area contributed by atoms with Gasteiger partial charge in [0, 0.05) is 0 Å². The van der Waals surface area contributed by atoms with Gasteiger partial charge in [0.15, 0.2) is 0 Å². The molecule has 8 heteroatoms. The molecule has 0 saturated carbocycles. The quantitative estimate of drug-likeness (QED) is 0.744. The third-order valence-electron chi connectivity index (χ3n) is 3.01. The Labute approximate surface area is 116 Å². The van der Waals surface area contributed by atoms with Crippen LogP contribution >= 0.6 is 11.3 Å². The zero-order valence-corrected chi connectivity index (χ0v) is 11.5. The molecule has 0 aromatic carbocycles. The first kappa shape index (κ1) is 12.5. The van der Waals surface area contributed by atoms with Gasteiger partial charge in [-0.25, -0.2) is 14.5 Å². The van der Waals surface area contributed by atoms with Crippen molar-refractivity contribution in [1.29, 1.82) is 0 Å². The number of carbonyl (C=O) groups is 1. The van der Waals surface area contributed by atoms with Crippen molar-refractivity contribution in [2.75, 3.05) is 0 Å². The maximum absolute atomic E-state index is 11.9. The molecular formula is C12H10N4O3S. The van der Waals surface area contributed by atoms with Gasteiger partial charge >= 0.3 is 5.97 Å². The molecule has 3 rings (SSSR count). The van der Waals surface area contributed by atoms with Crippen LogP contribution < -0.4 is 5.56 Å². The summed E-state index contributed by atoms with van der Waals surface area (Å²) in [6.07, 6.45) is 0. The fourth-order valence-electron chi connectivity index (χ4n) is 2.12. The van der Waals surface area contributed by atoms with Crippen molar-refractivity contribution < 1.29 is 9.90 Å². The molecule has 3 aromatic heterocycles. The number of nitrogens with zero attached hydrogens (tertiary/aromatic N) is 3. The van der Waals surface area contributed by atoms with Crippen molar-refractivity contribution in [2.24, 2.45) is 0 Å². The first-order valence-electron chi connectivity index (χ1n) is 5.76. The number of rotatable bonds is 2. The van der Waals surface area contributed by atoms with Gasteiger partial charge in [-0.3, -0.25) is 9.78 Å². The standard InChI is InChI=1S/C12H10N4O3S/c1-5-8(11(18)19)6(2)16(15-5)12-13-7-3-4-20-9(7)10(17)14-12/h3-4H,1-2H3,(H,18,19)(H,13,14,17). The molecule has 7 nitrogen and oxygen atoms in total. The Kier molecular flexibility index (Phi) is 2.68. The van der Waals surface area contributed by atoms with E-state index in [1.165, 1.54) is 16.0 Å². The Morgan fingerprint density at radius 3 is 2.85 bits per heavy atom. The van der Waals surface area contributed by atoms with Crippen LogP contribution in [0, 0.1) is 13.8 Å². The second kappa shape index (κ2) is 4.27. The van der Waals surface area contributed by atoms with Crippen LogP contribution in [0.5, 0.6) is 0 Å². The Morgan fingerprint density at radius 1 is 1.45 bits per heavy atom. The van der Waals surface area contributed by atoms with Crippen LogP contribution in [-0.4, -0.2) is 30.8 Å². The van der Waals surface area contributed by atoms with Crippen LogP contribution in [0.3, 0.4) is 0 Å². The van der Waals surface area contributed by atoms with E-state index in [2.05, 4.69) is 15.1 Å². The predicted octanol–water partition coefficient (Wildman–Crippen LogP) is 1.49. The summed E-state index contributed by atoms with van der Waals surface area (Å²) in [5.41, 5.74) is 1.23. The Balaban J connectivity index is 2.28. The van der Waals surface area contributed by atoms with Gasteiger partial charge in [-0.05, 0) is 25.3 Å². The predicted molar refractivity (Wildman–Crippen MR) is 73.8 cm³/mol. The summed E-state index contributed by atoms with van der Waals surface area (Å²) in [6.45, 7) is 3.23. The van der Waals surface area contributed by atoms with Gasteiger partial charge in [0.2, 0.25) is 5.95 Å². The summed E-state index contributed by atoms with van der Waals surface area (Å²) in [5, 5.41) is 15.1. The molecule has 102 valence electrons. The molecule has 0 aliphatic rings. The number of fused-ring (bicyclic) bond motifs is 1. The van der Waals surface area contributed by atoms with Crippen LogP contribution in [0.15, 0.2) is 16.2 Å². The van der Waals surface area contributed by atoms with E-state index in [9.17, 15) is 9.59 Å². The molecule has 0 amide bonds. The molecule has 0 bridgehead atoms. The maximum Gasteiger partial charge on any atom is 0.339 e. The molecule has 0 aliphatic carbocycles. The van der Waals surface area contributed by atoms with E-state index in [0.29, 0.717) is 21.6 Å². The minimum absolute atomic E-state index is 0.123. The molecule has 20 heavy (non-hydrogen) atoms. The molecule has 0 unspecified atom stereocenters. The van der Waals surface area contributed by atoms with E-state index < -0.39 is 5.97 Å². The summed E-state index contributed by atoms with van der Waals surface area (Å²) >= 11 is 1.31. The van der Waals surface area contributed by atoms with Gasteiger partial charge in [-0.2, -0.15) is 5.10 Å². The van der Waals surface area contributed by atoms with Gasteiger partial charge in [0.25, 0.3) is 5.56 Å². The van der Waals surface area contributed by atoms with Gasteiger partial charge in [-0.1, -0.05) is 0 Å². The van der Waals surface area contributed by atoms with Crippen molar-refractivity contribution in [1.82, 2.24) is 19.7 Å². The van der Waals surface area contributed by atoms with E-state index in [0.717, 1.165) is 0 Å². The Morgan fingerprint density at radius 2 is 2.20 bits per heavy atom. The van der Waals surface area contributed by atoms with Gasteiger partial charge in [0.05, 0.1) is 16.9 Å². The molecule has 0 radical (unpaired) electrons. The number of aromatic amines is 1. The number of hydrogen-bond acceptors (Lipinski definition) is 5. The number of nitrogens with one attached hydrogen (secondary N) is 1. The summed E-state index contributed by atoms with van der Waals surface area (Å²) in [4.78, 5) is 30.0. The minimum Gasteiger partial charge on any atom is -0.478 e. The second-order valence-corrected chi connectivity index (χ2v) is 5.20. The van der Waals surface area contributed by atoms with Crippen LogP contribution in [-0.2, 0) is 0 Å². The highest BCUT2D eigenvalue weighted by Crippen LogP contribution is 2.18. The van der Waals surface area contributed by atoms with Crippen molar-refractivity contribution in [3.8, 4) is 5.95 Å². The summed E-state index contributed by atoms with van der Waals surface area (Å²) in [5.74, 6) is -0.834. The van der Waals surface area contributed by atoms with Gasteiger partial charge in [-0.15, -0.1) is 11.3 Å². The first-order chi connectivity index (χ1) is 9.49. The van der Waals surface area contributed by atoms with Crippen molar-refractivity contribution in [3.63, 3.8) is 0 Å². The van der Waals surface area contributed by atoms with Crippen LogP contribution in [0.25, 0.3) is 16.2 Å². The smallest absolute Gasteiger partial charge is 0.339 e. The fourth-order valence-corrected chi connectivity index (χ4v) is 2.85. The van der Waals surface area contributed by atoms with E-state index >= 15 is 0 Å². The molecule has 2 N–H and O–H groups in total. The normalized spacial score (nSPS) is 11.1. The lowest BCUT2D eigenvalue weighted by atomic mass is 10.2. The van der Waals surface area contributed by atoms with Gasteiger partial charge < -0.3 is 5.11 Å². The monoisotopic (exact) mass is 290 g/mol. The molecule has 0 spiro atoms. The molecular weight excluding hydrogens is 280 g/mol. The molecule has 0 saturated heterocycles. The zero-order valence-electron chi connectivity index (χ0n) is 10.7. The lowest BCUT2D eigenvalue weighted by Crippen LogP contribution is -2.14. The van der Waals surface area contributed by atoms with Crippen LogP contribution in [0.4, 0.5) is 0 Å². The number of thiophene rings is 1. The first-order valence-corrected chi connectivity index (χ1v) is 6.64. The topological polar surface area (TPSA) is 101 Å². The molecule has 0 aliphatic heterocycles. The fraction of sp³-hybridized carbons (Fsp3) is 0.167. The SMILES string of the molecule is Cc1nn(-c2nc3ccsc3c(=O)[nH]2)c(C)c1C(=O)O. The summed E-state index contributed by atoms with van der Waals surface area (Å²) in [7, 11) is 0. The highest BCUT2D eigenvalue weighted by Gasteiger charge is 2.20. The summed E-state index contributed by atoms with van der Waals surface area (Å²) in [6, 6.07) is 1.74. The summed E-state index contributed by atoms with van der Waals surface area (Å²) < 4.78 is 1.88. The number of H-pyrrole nitrogens is 1. The maximum atomic E-state index is 11.9. The Bertz CT molecular complexity index is 890. The molecule has 3 heterocycles. The number of aromatic nitrogens is 4. The number of aromatic carboxylic acids is 1. The van der Waals surface area contributed by atoms with Crippen LogP contribution in [0.2, 0.25) is 0 Å². The third kappa shape index (κ3) is 1.73. The van der Waals surface area contributed by atoms with Gasteiger partial charge in [0.1, 0.15) is 10.3 Å². The number of carboxylic acids is 1. The highest BCUT2D eigenvalue weighted by atomic mass is 32.1. The van der Waals surface area contributed by atoms with Crippen molar-refractivity contribution in [2.45, 2.75) is 13.8 Å². The van der Waals surface area contributed by atoms with E-state index in [-0.39, 0.29) is 17.1 Å². The highest BCUT2D eigenvalue weighted by molar-refractivity contribution is 7.17. The van der Waals surface area contributed by atoms with Crippen LogP contribution in [0.1, 0.15) is 21.7 Å². The van der Waals surface area contributed by atoms with E-state index in [1.807, 2.05) is 0 Å². The molecule has 0 atom stereocenters. The van der Waals surface area contributed by atoms with Crippen molar-refractivity contribution in [3.05, 3.63) is 38.8 Å². The minimum atomic E-state index is -1.05. The Hall–Kier alpha value is -2.48.